The first-order valence-electron chi connectivity index (χ1n) is 9.37. The summed E-state index contributed by atoms with van der Waals surface area (Å²) in [5.41, 5.74) is 0.679. The first-order valence-corrected chi connectivity index (χ1v) is 11.2. The van der Waals surface area contributed by atoms with Crippen LogP contribution in [-0.4, -0.2) is 24.6 Å². The van der Waals surface area contributed by atoms with Gasteiger partial charge in [0.05, 0.1) is 28.2 Å². The van der Waals surface area contributed by atoms with Gasteiger partial charge < -0.3 is 4.74 Å². The minimum absolute atomic E-state index is 0.0545. The summed E-state index contributed by atoms with van der Waals surface area (Å²) in [6.45, 7) is 0.336. The highest BCUT2D eigenvalue weighted by molar-refractivity contribution is 7.92. The van der Waals surface area contributed by atoms with Gasteiger partial charge in [0, 0.05) is 0 Å². The number of benzene rings is 3. The largest absolute Gasteiger partial charge is 0.573 e. The molecule has 0 fully saturated rings. The van der Waals surface area contributed by atoms with Crippen molar-refractivity contribution in [1.29, 1.82) is 0 Å². The number of anilines is 1. The number of aromatic nitrogens is 2. The van der Waals surface area contributed by atoms with E-state index in [9.17, 15) is 26.4 Å². The van der Waals surface area contributed by atoms with Crippen LogP contribution in [0.2, 0.25) is 5.02 Å². The highest BCUT2D eigenvalue weighted by atomic mass is 35.5. The molecule has 172 valence electrons. The highest BCUT2D eigenvalue weighted by Crippen LogP contribution is 2.33. The predicted octanol–water partition coefficient (Wildman–Crippen LogP) is 4.73. The van der Waals surface area contributed by atoms with E-state index in [0.29, 0.717) is 12.1 Å². The summed E-state index contributed by atoms with van der Waals surface area (Å²) < 4.78 is 71.2. The van der Waals surface area contributed by atoms with Gasteiger partial charge >= 0.3 is 6.36 Å². The number of rotatable bonds is 6. The van der Waals surface area contributed by atoms with Gasteiger partial charge in [-0.2, -0.15) is 0 Å². The van der Waals surface area contributed by atoms with Crippen molar-refractivity contribution in [3.8, 4) is 5.75 Å². The summed E-state index contributed by atoms with van der Waals surface area (Å²) in [4.78, 5) is 11.7. The fourth-order valence-electron chi connectivity index (χ4n) is 3.26. The third-order valence-corrected chi connectivity index (χ3v) is 6.37. The fraction of sp³-hybridized carbons (Fsp3) is 0.0952. The van der Waals surface area contributed by atoms with E-state index in [0.717, 1.165) is 17.7 Å². The van der Waals surface area contributed by atoms with Crippen LogP contribution in [0.4, 0.5) is 18.9 Å². The van der Waals surface area contributed by atoms with Gasteiger partial charge in [-0.3, -0.25) is 19.3 Å². The molecule has 12 heteroatoms. The number of hydrogen-bond donors (Lipinski definition) is 2. The van der Waals surface area contributed by atoms with E-state index in [2.05, 4.69) is 14.6 Å². The number of halogens is 4. The standard InChI is InChI=1S/C21H15ClF3N3O4S/c22-15-11-17-14(20(29)26-28(17)12-13-6-2-1-3-7-13)10-16(15)27-33(30,31)19-9-5-4-8-18(19)32-21(23,24)25/h1-11,27H,12H2,(H,26,29). The van der Waals surface area contributed by atoms with Gasteiger partial charge in [-0.1, -0.05) is 54.1 Å². The van der Waals surface area contributed by atoms with Crippen molar-refractivity contribution in [2.75, 3.05) is 4.72 Å². The van der Waals surface area contributed by atoms with E-state index in [1.165, 1.54) is 24.3 Å². The summed E-state index contributed by atoms with van der Waals surface area (Å²) in [6.07, 6.45) is -5.09. The van der Waals surface area contributed by atoms with E-state index < -0.39 is 32.6 Å². The lowest BCUT2D eigenvalue weighted by Gasteiger charge is -2.15. The maximum absolute atomic E-state index is 12.8. The molecule has 0 radical (unpaired) electrons. The number of para-hydroxylation sites is 1. The highest BCUT2D eigenvalue weighted by Gasteiger charge is 2.34. The molecule has 33 heavy (non-hydrogen) atoms. The number of hydrogen-bond acceptors (Lipinski definition) is 4. The molecular formula is C21H15ClF3N3O4S. The summed E-state index contributed by atoms with van der Waals surface area (Å²) in [5, 5.41) is 2.76. The van der Waals surface area contributed by atoms with E-state index in [1.807, 2.05) is 30.3 Å². The zero-order valence-corrected chi connectivity index (χ0v) is 18.1. The first-order chi connectivity index (χ1) is 15.5. The first kappa shape index (κ1) is 22.7. The zero-order chi connectivity index (χ0) is 23.8. The lowest BCUT2D eigenvalue weighted by atomic mass is 10.2. The number of alkyl halides is 3. The second-order valence-electron chi connectivity index (χ2n) is 6.96. The molecule has 7 nitrogen and oxygen atoms in total. The summed E-state index contributed by atoms with van der Waals surface area (Å²) in [5.74, 6) is -0.901. The zero-order valence-electron chi connectivity index (χ0n) is 16.6. The van der Waals surface area contributed by atoms with Gasteiger partial charge in [-0.25, -0.2) is 8.42 Å². The van der Waals surface area contributed by atoms with E-state index in [1.54, 1.807) is 4.68 Å². The Morgan fingerprint density at radius 1 is 1.03 bits per heavy atom. The average molecular weight is 498 g/mol. The molecule has 0 unspecified atom stereocenters. The minimum Gasteiger partial charge on any atom is -0.404 e. The van der Waals surface area contributed by atoms with Crippen LogP contribution in [0.3, 0.4) is 0 Å². The number of H-pyrrole nitrogens is 1. The normalized spacial score (nSPS) is 12.1. The van der Waals surface area contributed by atoms with Crippen molar-refractivity contribution < 1.29 is 26.3 Å². The Labute approximate surface area is 190 Å². The molecule has 0 spiro atoms. The number of fused-ring (bicyclic) bond motifs is 1. The molecule has 1 heterocycles. The predicted molar refractivity (Wildman–Crippen MR) is 117 cm³/mol. The molecule has 0 bridgehead atoms. The third kappa shape index (κ3) is 4.99. The lowest BCUT2D eigenvalue weighted by molar-refractivity contribution is -0.275. The second kappa shape index (κ2) is 8.49. The molecule has 0 atom stereocenters. The van der Waals surface area contributed by atoms with Crippen molar-refractivity contribution in [3.05, 3.63) is 87.7 Å². The third-order valence-electron chi connectivity index (χ3n) is 4.65. The van der Waals surface area contributed by atoms with Gasteiger partial charge in [0.15, 0.2) is 0 Å². The molecule has 0 saturated heterocycles. The second-order valence-corrected chi connectivity index (χ2v) is 9.02. The van der Waals surface area contributed by atoms with Crippen molar-refractivity contribution in [2.45, 2.75) is 17.8 Å². The maximum atomic E-state index is 12.8. The number of nitrogens with one attached hydrogen (secondary N) is 2. The molecule has 0 amide bonds. The Balaban J connectivity index is 1.71. The lowest BCUT2D eigenvalue weighted by Crippen LogP contribution is -2.21. The number of sulfonamides is 1. The van der Waals surface area contributed by atoms with Crippen LogP contribution in [0.15, 0.2) is 76.4 Å². The molecule has 4 rings (SSSR count). The van der Waals surface area contributed by atoms with Gasteiger partial charge in [0.1, 0.15) is 10.6 Å². The quantitative estimate of drug-likeness (QED) is 0.403. The monoisotopic (exact) mass is 497 g/mol. The minimum atomic E-state index is -5.09. The summed E-state index contributed by atoms with van der Waals surface area (Å²) >= 11 is 6.26. The Kier molecular flexibility index (Phi) is 5.85. The smallest absolute Gasteiger partial charge is 0.404 e. The van der Waals surface area contributed by atoms with E-state index >= 15 is 0 Å². The topological polar surface area (TPSA) is 93.2 Å². The molecule has 3 aromatic carbocycles. The number of aromatic amines is 1. The molecule has 0 saturated carbocycles. The van der Waals surface area contributed by atoms with Crippen LogP contribution >= 0.6 is 11.6 Å². The molecule has 4 aromatic rings. The van der Waals surface area contributed by atoms with Crippen molar-refractivity contribution >= 4 is 38.2 Å². The fourth-order valence-corrected chi connectivity index (χ4v) is 4.72. The number of ether oxygens (including phenoxy) is 1. The van der Waals surface area contributed by atoms with Gasteiger partial charge in [0.25, 0.3) is 15.6 Å². The molecule has 0 aliphatic rings. The average Bonchev–Trinajstić information content (AvgIpc) is 3.02. The Bertz CT molecular complexity index is 1480. The Hall–Kier alpha value is -3.44. The van der Waals surface area contributed by atoms with Crippen LogP contribution < -0.4 is 15.0 Å². The molecule has 0 aliphatic heterocycles. The summed E-state index contributed by atoms with van der Waals surface area (Å²) in [7, 11) is -4.54. The Morgan fingerprint density at radius 2 is 1.70 bits per heavy atom. The van der Waals surface area contributed by atoms with E-state index in [-0.39, 0.29) is 16.1 Å². The van der Waals surface area contributed by atoms with Crippen LogP contribution in [0.5, 0.6) is 5.75 Å². The van der Waals surface area contributed by atoms with Gasteiger partial charge in [0.2, 0.25) is 0 Å². The maximum Gasteiger partial charge on any atom is 0.573 e. The van der Waals surface area contributed by atoms with Gasteiger partial charge in [-0.05, 0) is 29.8 Å². The van der Waals surface area contributed by atoms with Crippen molar-refractivity contribution in [1.82, 2.24) is 9.78 Å². The molecule has 2 N–H and O–H groups in total. The van der Waals surface area contributed by atoms with Crippen LogP contribution in [0.1, 0.15) is 5.56 Å². The van der Waals surface area contributed by atoms with Gasteiger partial charge in [-0.15, -0.1) is 13.2 Å². The number of nitrogens with zero attached hydrogens (tertiary/aromatic N) is 1. The van der Waals surface area contributed by atoms with Crippen molar-refractivity contribution in [3.63, 3.8) is 0 Å². The van der Waals surface area contributed by atoms with Crippen LogP contribution in [0, 0.1) is 0 Å². The molecular weight excluding hydrogens is 483 g/mol. The molecule has 1 aromatic heterocycles. The van der Waals surface area contributed by atoms with E-state index in [4.69, 9.17) is 11.6 Å². The van der Waals surface area contributed by atoms with Crippen LogP contribution in [-0.2, 0) is 16.6 Å². The Morgan fingerprint density at radius 3 is 2.39 bits per heavy atom. The summed E-state index contributed by atoms with van der Waals surface area (Å²) in [6, 6.07) is 16.2. The molecule has 0 aliphatic carbocycles. The SMILES string of the molecule is O=c1[nH]n(Cc2ccccc2)c2cc(Cl)c(NS(=O)(=O)c3ccccc3OC(F)(F)F)cc12. The van der Waals surface area contributed by atoms with Crippen LogP contribution in [0.25, 0.3) is 10.9 Å². The van der Waals surface area contributed by atoms with Crippen molar-refractivity contribution in [2.24, 2.45) is 0 Å².